The lowest BCUT2D eigenvalue weighted by molar-refractivity contribution is -0.143. The van der Waals surface area contributed by atoms with Crippen LogP contribution in [0.5, 0.6) is 0 Å². The van der Waals surface area contributed by atoms with Gasteiger partial charge in [-0.1, -0.05) is 20.3 Å². The minimum Gasteiger partial charge on any atom is -0.480 e. The molecule has 9 N–H and O–H groups in total. The molecular formula is C19H37N5O6S. The minimum atomic E-state index is -1.48. The smallest absolute Gasteiger partial charge is 0.328 e. The molecule has 0 aromatic carbocycles. The number of unbranched alkanes of at least 4 members (excludes halogenated alkanes) is 1. The number of thioether (sulfide) groups is 1. The number of aliphatic hydroxyl groups is 1. The largest absolute Gasteiger partial charge is 0.480 e. The minimum absolute atomic E-state index is 0.244. The average molecular weight is 464 g/mol. The molecule has 0 heterocycles. The highest BCUT2D eigenvalue weighted by Crippen LogP contribution is 2.07. The normalized spacial score (nSPS) is 14.9. The third-order valence-corrected chi connectivity index (χ3v) is 5.24. The molecule has 0 rings (SSSR count). The summed E-state index contributed by atoms with van der Waals surface area (Å²) in [5, 5.41) is 25.6. The predicted molar refractivity (Wildman–Crippen MR) is 119 cm³/mol. The monoisotopic (exact) mass is 463 g/mol. The molecule has 0 fully saturated rings. The van der Waals surface area contributed by atoms with Gasteiger partial charge in [-0.2, -0.15) is 11.8 Å². The van der Waals surface area contributed by atoms with Gasteiger partial charge in [-0.15, -0.1) is 0 Å². The summed E-state index contributed by atoms with van der Waals surface area (Å²) >= 11 is 1.45. The average Bonchev–Trinajstić information content (AvgIpc) is 2.71. The summed E-state index contributed by atoms with van der Waals surface area (Å²) in [7, 11) is 0. The molecule has 31 heavy (non-hydrogen) atoms. The molecule has 3 amide bonds. The van der Waals surface area contributed by atoms with Crippen molar-refractivity contribution in [2.45, 2.75) is 63.7 Å². The van der Waals surface area contributed by atoms with Crippen LogP contribution in [0.4, 0.5) is 0 Å². The van der Waals surface area contributed by atoms with E-state index in [1.54, 1.807) is 13.8 Å². The fourth-order valence-electron chi connectivity index (χ4n) is 2.66. The first-order valence-corrected chi connectivity index (χ1v) is 11.7. The molecule has 11 nitrogen and oxygen atoms in total. The van der Waals surface area contributed by atoms with Crippen molar-refractivity contribution in [1.29, 1.82) is 0 Å². The third kappa shape index (κ3) is 11.3. The quantitative estimate of drug-likeness (QED) is 0.132. The van der Waals surface area contributed by atoms with Crippen LogP contribution >= 0.6 is 11.8 Å². The van der Waals surface area contributed by atoms with E-state index in [0.717, 1.165) is 6.42 Å². The zero-order valence-corrected chi connectivity index (χ0v) is 19.2. The molecule has 0 spiro atoms. The van der Waals surface area contributed by atoms with Gasteiger partial charge in [0.15, 0.2) is 0 Å². The number of aliphatic hydroxyl groups excluding tert-OH is 1. The Bertz CT molecular complexity index is 592. The second kappa shape index (κ2) is 15.8. The second-order valence-electron chi connectivity index (χ2n) is 7.55. The maximum atomic E-state index is 12.8. The summed E-state index contributed by atoms with van der Waals surface area (Å²) in [5.41, 5.74) is 11.3. The SMILES string of the molecule is CSCCC(NC(=O)C(NC(=O)C(N)CCCCN)C(C)C)C(=O)NC(CO)C(=O)O. The van der Waals surface area contributed by atoms with Crippen LogP contribution in [0.25, 0.3) is 0 Å². The molecule has 0 aliphatic rings. The number of carbonyl (C=O) groups is 4. The highest BCUT2D eigenvalue weighted by Gasteiger charge is 2.31. The standard InChI is InChI=1S/C19H37N5O6S/c1-11(2)15(24-16(26)12(21)6-4-5-8-20)18(28)22-13(7-9-31-3)17(27)23-14(10-25)19(29)30/h11-15,25H,4-10,20-21H2,1-3H3,(H,22,28)(H,23,27)(H,24,26)(H,29,30). The van der Waals surface area contributed by atoms with Crippen molar-refractivity contribution in [3.8, 4) is 0 Å². The Balaban J connectivity index is 5.19. The molecule has 4 atom stereocenters. The van der Waals surface area contributed by atoms with Crippen LogP contribution in [0, 0.1) is 5.92 Å². The van der Waals surface area contributed by atoms with Crippen molar-refractivity contribution >= 4 is 35.5 Å². The van der Waals surface area contributed by atoms with E-state index in [1.165, 1.54) is 11.8 Å². The second-order valence-corrected chi connectivity index (χ2v) is 8.53. The van der Waals surface area contributed by atoms with Crippen LogP contribution < -0.4 is 27.4 Å². The number of aliphatic carboxylic acids is 1. The van der Waals surface area contributed by atoms with Gasteiger partial charge in [-0.25, -0.2) is 4.79 Å². The summed E-state index contributed by atoms with van der Waals surface area (Å²) in [6, 6.07) is -4.21. The van der Waals surface area contributed by atoms with Crippen LogP contribution in [0.2, 0.25) is 0 Å². The summed E-state index contributed by atoms with van der Waals surface area (Å²) in [5.74, 6) is -2.91. The summed E-state index contributed by atoms with van der Waals surface area (Å²) < 4.78 is 0. The van der Waals surface area contributed by atoms with E-state index in [4.69, 9.17) is 21.7 Å². The maximum Gasteiger partial charge on any atom is 0.328 e. The van der Waals surface area contributed by atoms with E-state index >= 15 is 0 Å². The Labute approximate surface area is 187 Å². The zero-order valence-electron chi connectivity index (χ0n) is 18.4. The molecule has 0 aromatic heterocycles. The lowest BCUT2D eigenvalue weighted by Gasteiger charge is -2.26. The fraction of sp³-hybridized carbons (Fsp3) is 0.789. The van der Waals surface area contributed by atoms with Crippen molar-refractivity contribution < 1.29 is 29.4 Å². The number of amides is 3. The van der Waals surface area contributed by atoms with Gasteiger partial charge in [-0.05, 0) is 43.7 Å². The Morgan fingerprint density at radius 1 is 0.935 bits per heavy atom. The van der Waals surface area contributed by atoms with Gasteiger partial charge in [0.2, 0.25) is 17.7 Å². The van der Waals surface area contributed by atoms with E-state index in [-0.39, 0.29) is 12.3 Å². The molecular weight excluding hydrogens is 426 g/mol. The Hall–Kier alpha value is -1.89. The first-order chi connectivity index (χ1) is 14.6. The number of hydrogen-bond donors (Lipinski definition) is 7. The van der Waals surface area contributed by atoms with Crippen molar-refractivity contribution in [2.24, 2.45) is 17.4 Å². The van der Waals surface area contributed by atoms with Gasteiger partial charge in [0.25, 0.3) is 0 Å². The fourth-order valence-corrected chi connectivity index (χ4v) is 3.13. The van der Waals surface area contributed by atoms with Crippen LogP contribution in [-0.2, 0) is 19.2 Å². The van der Waals surface area contributed by atoms with Crippen molar-refractivity contribution in [3.63, 3.8) is 0 Å². The molecule has 0 aliphatic carbocycles. The first kappa shape index (κ1) is 29.1. The Kier molecular flexibility index (Phi) is 14.9. The van der Waals surface area contributed by atoms with Crippen LogP contribution in [0.15, 0.2) is 0 Å². The van der Waals surface area contributed by atoms with E-state index < -0.39 is 54.5 Å². The molecule has 180 valence electrons. The molecule has 0 saturated carbocycles. The van der Waals surface area contributed by atoms with Gasteiger partial charge < -0.3 is 37.6 Å². The van der Waals surface area contributed by atoms with E-state index in [0.29, 0.717) is 25.1 Å². The van der Waals surface area contributed by atoms with Crippen LogP contribution in [-0.4, -0.2) is 83.2 Å². The molecule has 0 aromatic rings. The summed E-state index contributed by atoms with van der Waals surface area (Å²) in [6.07, 6.45) is 3.94. The van der Waals surface area contributed by atoms with Crippen LogP contribution in [0.3, 0.4) is 0 Å². The molecule has 0 aliphatic heterocycles. The van der Waals surface area contributed by atoms with Crippen molar-refractivity contribution in [3.05, 3.63) is 0 Å². The highest BCUT2D eigenvalue weighted by molar-refractivity contribution is 7.98. The molecule has 0 bridgehead atoms. The number of hydrogen-bond acceptors (Lipinski definition) is 8. The van der Waals surface area contributed by atoms with E-state index in [1.807, 2.05) is 6.26 Å². The number of carboxylic acid groups (broad SMARTS) is 1. The van der Waals surface area contributed by atoms with Gasteiger partial charge >= 0.3 is 5.97 Å². The topological polar surface area (TPSA) is 197 Å². The zero-order chi connectivity index (χ0) is 24.0. The van der Waals surface area contributed by atoms with E-state index in [2.05, 4.69) is 16.0 Å². The lowest BCUT2D eigenvalue weighted by atomic mass is 10.0. The van der Waals surface area contributed by atoms with Gasteiger partial charge in [0, 0.05) is 0 Å². The third-order valence-electron chi connectivity index (χ3n) is 4.59. The van der Waals surface area contributed by atoms with E-state index in [9.17, 15) is 19.2 Å². The molecule has 0 saturated heterocycles. The molecule has 12 heteroatoms. The Morgan fingerprint density at radius 3 is 2.03 bits per heavy atom. The maximum absolute atomic E-state index is 12.8. The molecule has 4 unspecified atom stereocenters. The number of rotatable bonds is 16. The van der Waals surface area contributed by atoms with Gasteiger partial charge in [-0.3, -0.25) is 14.4 Å². The van der Waals surface area contributed by atoms with Crippen molar-refractivity contribution in [1.82, 2.24) is 16.0 Å². The van der Waals surface area contributed by atoms with Crippen LogP contribution in [0.1, 0.15) is 39.5 Å². The number of nitrogens with two attached hydrogens (primary N) is 2. The van der Waals surface area contributed by atoms with Crippen molar-refractivity contribution in [2.75, 3.05) is 25.2 Å². The Morgan fingerprint density at radius 2 is 1.55 bits per heavy atom. The number of carboxylic acids is 1. The highest BCUT2D eigenvalue weighted by atomic mass is 32.2. The summed E-state index contributed by atoms with van der Waals surface area (Å²) in [6.45, 7) is 3.21. The van der Waals surface area contributed by atoms with Gasteiger partial charge in [0.1, 0.15) is 18.1 Å². The first-order valence-electron chi connectivity index (χ1n) is 10.3. The number of carbonyl (C=O) groups excluding carboxylic acids is 3. The predicted octanol–water partition coefficient (Wildman–Crippen LogP) is -1.62. The van der Waals surface area contributed by atoms with Gasteiger partial charge in [0.05, 0.1) is 12.6 Å². The lowest BCUT2D eigenvalue weighted by Crippen LogP contribution is -2.58. The molecule has 0 radical (unpaired) electrons. The summed E-state index contributed by atoms with van der Waals surface area (Å²) in [4.78, 5) is 48.8. The number of nitrogens with one attached hydrogen (secondary N) is 3.